The fraction of sp³-hybridized carbons (Fsp3) is 1.00. The topological polar surface area (TPSA) is 52.6 Å². The summed E-state index contributed by atoms with van der Waals surface area (Å²) < 4.78 is 32.8. The van der Waals surface area contributed by atoms with Crippen molar-refractivity contribution in [2.75, 3.05) is 13.2 Å². The van der Waals surface area contributed by atoms with Gasteiger partial charge < -0.3 is 0 Å². The Labute approximate surface area is 173 Å². The summed E-state index contributed by atoms with van der Waals surface area (Å²) in [6.07, 6.45) is 16.0. The van der Waals surface area contributed by atoms with Gasteiger partial charge in [-0.15, -0.1) is 0 Å². The van der Waals surface area contributed by atoms with Crippen LogP contribution in [-0.4, -0.2) is 51.2 Å². The predicted molar refractivity (Wildman–Crippen MR) is 104 cm³/mol. The van der Waals surface area contributed by atoms with E-state index in [0.717, 1.165) is 38.5 Å². The Morgan fingerprint density at radius 1 is 0.542 bits per heavy atom. The van der Waals surface area contributed by atoms with Gasteiger partial charge in [-0.3, -0.25) is 0 Å². The van der Waals surface area contributed by atoms with E-state index in [1.807, 2.05) is 0 Å². The Morgan fingerprint density at radius 3 is 1.17 bits per heavy atom. The molecule has 0 bridgehead atoms. The summed E-state index contributed by atoms with van der Waals surface area (Å²) in [4.78, 5) is 0. The fourth-order valence-electron chi connectivity index (χ4n) is 2.47. The van der Waals surface area contributed by atoms with E-state index >= 15 is 0 Å². The molecule has 0 heterocycles. The molecule has 0 aromatic carbocycles. The van der Waals surface area contributed by atoms with Gasteiger partial charge in [-0.1, -0.05) is 90.9 Å². The maximum atomic E-state index is 11.5. The third kappa shape index (κ3) is 20.9. The van der Waals surface area contributed by atoms with Crippen molar-refractivity contribution in [3.63, 3.8) is 0 Å². The van der Waals surface area contributed by atoms with Crippen LogP contribution < -0.4 is 0 Å². The van der Waals surface area contributed by atoms with Crippen LogP contribution in [0, 0.1) is 0 Å². The van der Waals surface area contributed by atoms with Gasteiger partial charge in [0, 0.05) is 0 Å². The summed E-state index contributed by atoms with van der Waals surface area (Å²) in [7, 11) is -3.78. The van der Waals surface area contributed by atoms with Gasteiger partial charge in [-0.2, -0.15) is 8.42 Å². The monoisotopic (exact) mass is 374 g/mol. The Balaban J connectivity index is 0. The molecule has 0 saturated carbocycles. The first-order chi connectivity index (χ1) is 11.1. The van der Waals surface area contributed by atoms with Crippen molar-refractivity contribution in [2.24, 2.45) is 0 Å². The quantitative estimate of drug-likeness (QED) is 0.247. The summed E-state index contributed by atoms with van der Waals surface area (Å²) in [5.74, 6) is 0. The summed E-state index contributed by atoms with van der Waals surface area (Å²) in [5.41, 5.74) is 0. The van der Waals surface area contributed by atoms with Gasteiger partial charge in [-0.25, -0.2) is 8.37 Å². The van der Waals surface area contributed by atoms with Crippen LogP contribution in [0.15, 0.2) is 0 Å². The van der Waals surface area contributed by atoms with Crippen LogP contribution in [0.5, 0.6) is 0 Å². The molecule has 142 valence electrons. The molecule has 0 aromatic rings. The van der Waals surface area contributed by atoms with Gasteiger partial charge in [0.2, 0.25) is 0 Å². The molecule has 0 rings (SSSR count). The van der Waals surface area contributed by atoms with Crippen LogP contribution in [0.1, 0.15) is 104 Å². The predicted octanol–water partition coefficient (Wildman–Crippen LogP) is 5.12. The number of hydrogen-bond donors (Lipinski definition) is 0. The van der Waals surface area contributed by atoms with E-state index in [2.05, 4.69) is 13.8 Å². The van der Waals surface area contributed by atoms with Gasteiger partial charge in [-0.05, 0) is 12.8 Å². The second-order valence-electron chi connectivity index (χ2n) is 6.29. The molecule has 4 nitrogen and oxygen atoms in total. The van der Waals surface area contributed by atoms with Crippen LogP contribution in [0.2, 0.25) is 0 Å². The van der Waals surface area contributed by atoms with Crippen molar-refractivity contribution in [1.29, 1.82) is 0 Å². The van der Waals surface area contributed by atoms with Gasteiger partial charge in [0.05, 0.1) is 13.2 Å². The zero-order valence-electron chi connectivity index (χ0n) is 15.4. The van der Waals surface area contributed by atoms with Crippen molar-refractivity contribution < 1.29 is 16.8 Å². The SMILES string of the molecule is CCCCCCCCCCOS(=O)(=O)OCCCCCCCC.[NaH]. The van der Waals surface area contributed by atoms with Crippen molar-refractivity contribution in [3.8, 4) is 0 Å². The van der Waals surface area contributed by atoms with Gasteiger partial charge in [0.25, 0.3) is 0 Å². The molecule has 0 amide bonds. The molecule has 6 heteroatoms. The third-order valence-electron chi connectivity index (χ3n) is 3.95. The Hall–Kier alpha value is 0.870. The summed E-state index contributed by atoms with van der Waals surface area (Å²) >= 11 is 0. The molecule has 0 aliphatic rings. The summed E-state index contributed by atoms with van der Waals surface area (Å²) in [6.45, 7) is 4.88. The zero-order valence-corrected chi connectivity index (χ0v) is 16.2. The molecule has 24 heavy (non-hydrogen) atoms. The molecule has 0 aromatic heterocycles. The molecule has 0 N–H and O–H groups in total. The van der Waals surface area contributed by atoms with Gasteiger partial charge in [0.15, 0.2) is 0 Å². The van der Waals surface area contributed by atoms with Crippen LogP contribution >= 0.6 is 0 Å². The Kier molecular flexibility index (Phi) is 22.8. The van der Waals surface area contributed by atoms with Gasteiger partial charge in [0.1, 0.15) is 0 Å². The van der Waals surface area contributed by atoms with E-state index in [0.29, 0.717) is 0 Å². The first-order valence-corrected chi connectivity index (χ1v) is 11.0. The molecule has 0 spiro atoms. The summed E-state index contributed by atoms with van der Waals surface area (Å²) in [6, 6.07) is 0. The van der Waals surface area contributed by atoms with Crippen LogP contribution in [-0.2, 0) is 18.8 Å². The second kappa shape index (κ2) is 20.2. The summed E-state index contributed by atoms with van der Waals surface area (Å²) in [5, 5.41) is 0. The van der Waals surface area contributed by atoms with Crippen molar-refractivity contribution >= 4 is 40.0 Å². The van der Waals surface area contributed by atoms with E-state index < -0.39 is 10.4 Å². The van der Waals surface area contributed by atoms with Crippen molar-refractivity contribution in [1.82, 2.24) is 0 Å². The van der Waals surface area contributed by atoms with Crippen LogP contribution in [0.3, 0.4) is 0 Å². The maximum absolute atomic E-state index is 11.5. The van der Waals surface area contributed by atoms with E-state index in [1.165, 1.54) is 51.4 Å². The normalized spacial score (nSPS) is 11.4. The standard InChI is InChI=1S/C18H38O4S.Na.H/c1-3-5-7-9-11-12-14-16-18-22-23(19,20)21-17-15-13-10-8-6-4-2;;/h3-18H2,1-2H3;;. The third-order valence-corrected chi connectivity index (χ3v) is 4.86. The molecule has 0 aliphatic heterocycles. The Morgan fingerprint density at radius 2 is 0.833 bits per heavy atom. The van der Waals surface area contributed by atoms with E-state index in [1.54, 1.807) is 0 Å². The number of hydrogen-bond acceptors (Lipinski definition) is 4. The number of rotatable bonds is 18. The average molecular weight is 375 g/mol. The molecular formula is C18H39NaO4S. The van der Waals surface area contributed by atoms with E-state index in [9.17, 15) is 8.42 Å². The minimum absolute atomic E-state index is 0. The molecule has 0 saturated heterocycles. The van der Waals surface area contributed by atoms with Crippen LogP contribution in [0.4, 0.5) is 0 Å². The van der Waals surface area contributed by atoms with Gasteiger partial charge >= 0.3 is 40.0 Å². The molecule has 0 atom stereocenters. The first kappa shape index (κ1) is 27.1. The van der Waals surface area contributed by atoms with Crippen LogP contribution in [0.25, 0.3) is 0 Å². The average Bonchev–Trinajstić information content (AvgIpc) is 2.52. The number of unbranched alkanes of at least 4 members (excludes halogenated alkanes) is 12. The second-order valence-corrected chi connectivity index (χ2v) is 7.58. The van der Waals surface area contributed by atoms with Crippen molar-refractivity contribution in [3.05, 3.63) is 0 Å². The minimum atomic E-state index is -3.78. The van der Waals surface area contributed by atoms with E-state index in [-0.39, 0.29) is 42.8 Å². The Bertz CT molecular complexity index is 334. The molecular weight excluding hydrogens is 335 g/mol. The molecule has 0 aliphatic carbocycles. The zero-order chi connectivity index (χ0) is 17.2. The molecule has 0 unspecified atom stereocenters. The molecule has 0 fully saturated rings. The molecule has 0 radical (unpaired) electrons. The fourth-order valence-corrected chi connectivity index (χ4v) is 3.19. The van der Waals surface area contributed by atoms with Crippen molar-refractivity contribution in [2.45, 2.75) is 104 Å². The van der Waals surface area contributed by atoms with E-state index in [4.69, 9.17) is 8.37 Å². The first-order valence-electron chi connectivity index (χ1n) is 9.66.